The lowest BCUT2D eigenvalue weighted by atomic mass is 10.1. The lowest BCUT2D eigenvalue weighted by molar-refractivity contribution is -0.229. The molecular weight excluding hydrogens is 392 g/mol. The Morgan fingerprint density at radius 2 is 1.96 bits per heavy atom. The molecule has 2 fully saturated rings. The summed E-state index contributed by atoms with van der Waals surface area (Å²) in [5.74, 6) is -0.867. The van der Waals surface area contributed by atoms with E-state index in [4.69, 9.17) is 27.9 Å². The Kier molecular flexibility index (Phi) is 5.99. The van der Waals surface area contributed by atoms with Crippen molar-refractivity contribution in [1.29, 1.82) is 0 Å². The van der Waals surface area contributed by atoms with Crippen molar-refractivity contribution >= 4 is 10.1 Å². The van der Waals surface area contributed by atoms with Crippen LogP contribution in [0.15, 0.2) is 42.0 Å². The fourth-order valence-corrected chi connectivity index (χ4v) is 4.16. The summed E-state index contributed by atoms with van der Waals surface area (Å²) in [6.07, 6.45) is -2.09. The fraction of sp³-hybridized carbons (Fsp3) is 0.556. The number of hydrogen-bond donors (Lipinski definition) is 1. The summed E-state index contributed by atoms with van der Waals surface area (Å²) in [5.41, 5.74) is 0. The SMILES string of the molecule is C=CO[C@H](COS(=O)(=O)c1ccc(O)cc1)[C@H]1O[C@@H]2OC(C)(C)O[C@@H]2[C@H]1OC. The van der Waals surface area contributed by atoms with Crippen LogP contribution in [-0.4, -0.2) is 63.7 Å². The molecule has 0 radical (unpaired) electrons. The predicted molar refractivity (Wildman–Crippen MR) is 95.8 cm³/mol. The second-order valence-electron chi connectivity index (χ2n) is 6.84. The molecule has 28 heavy (non-hydrogen) atoms. The van der Waals surface area contributed by atoms with Gasteiger partial charge < -0.3 is 28.8 Å². The van der Waals surface area contributed by atoms with Crippen molar-refractivity contribution in [3.63, 3.8) is 0 Å². The van der Waals surface area contributed by atoms with Gasteiger partial charge in [-0.15, -0.1) is 0 Å². The minimum Gasteiger partial charge on any atom is -0.508 e. The zero-order valence-electron chi connectivity index (χ0n) is 15.8. The summed E-state index contributed by atoms with van der Waals surface area (Å²) in [6, 6.07) is 5.00. The van der Waals surface area contributed by atoms with Gasteiger partial charge in [0.2, 0.25) is 0 Å². The summed E-state index contributed by atoms with van der Waals surface area (Å²) >= 11 is 0. The summed E-state index contributed by atoms with van der Waals surface area (Å²) in [6.45, 7) is 6.70. The normalized spacial score (nSPS) is 30.0. The van der Waals surface area contributed by atoms with E-state index in [1.807, 2.05) is 0 Å². The highest BCUT2D eigenvalue weighted by Gasteiger charge is 2.57. The van der Waals surface area contributed by atoms with E-state index in [0.717, 1.165) is 0 Å². The number of rotatable bonds is 8. The van der Waals surface area contributed by atoms with Crippen LogP contribution in [0.25, 0.3) is 0 Å². The van der Waals surface area contributed by atoms with Crippen LogP contribution in [0, 0.1) is 0 Å². The number of phenols is 1. The molecule has 1 aromatic carbocycles. The van der Waals surface area contributed by atoms with E-state index in [2.05, 4.69) is 6.58 Å². The molecular formula is C18H24O9S. The van der Waals surface area contributed by atoms with Crippen LogP contribution in [0.4, 0.5) is 0 Å². The van der Waals surface area contributed by atoms with Crippen LogP contribution in [0.3, 0.4) is 0 Å². The zero-order valence-corrected chi connectivity index (χ0v) is 16.6. The molecule has 0 bridgehead atoms. The molecule has 2 aliphatic heterocycles. The van der Waals surface area contributed by atoms with E-state index in [9.17, 15) is 13.5 Å². The number of methoxy groups -OCH3 is 1. The maximum absolute atomic E-state index is 12.4. The summed E-state index contributed by atoms with van der Waals surface area (Å²) < 4.78 is 58.3. The maximum Gasteiger partial charge on any atom is 0.297 e. The number of fused-ring (bicyclic) bond motifs is 1. The molecule has 1 aromatic rings. The van der Waals surface area contributed by atoms with Crippen molar-refractivity contribution in [2.45, 2.75) is 55.2 Å². The number of phenolic OH excluding ortho intramolecular Hbond substituents is 1. The topological polar surface area (TPSA) is 110 Å². The van der Waals surface area contributed by atoms with Crippen molar-refractivity contribution in [1.82, 2.24) is 0 Å². The molecule has 0 amide bonds. The number of ether oxygens (including phenoxy) is 5. The molecule has 2 heterocycles. The van der Waals surface area contributed by atoms with Gasteiger partial charge in [0, 0.05) is 7.11 Å². The molecule has 0 unspecified atom stereocenters. The lowest BCUT2D eigenvalue weighted by Gasteiger charge is -2.29. The quantitative estimate of drug-likeness (QED) is 0.498. The second-order valence-corrected chi connectivity index (χ2v) is 8.46. The summed E-state index contributed by atoms with van der Waals surface area (Å²) in [7, 11) is -2.57. The predicted octanol–water partition coefficient (Wildman–Crippen LogP) is 1.52. The molecule has 9 nitrogen and oxygen atoms in total. The van der Waals surface area contributed by atoms with Gasteiger partial charge in [0.05, 0.1) is 11.2 Å². The average Bonchev–Trinajstić information content (AvgIpc) is 3.10. The summed E-state index contributed by atoms with van der Waals surface area (Å²) in [5, 5.41) is 9.30. The van der Waals surface area contributed by atoms with E-state index in [1.54, 1.807) is 13.8 Å². The van der Waals surface area contributed by atoms with E-state index >= 15 is 0 Å². The Labute approximate surface area is 163 Å². The third-order valence-corrected chi connectivity index (χ3v) is 5.75. The highest BCUT2D eigenvalue weighted by Crippen LogP contribution is 2.40. The molecule has 3 rings (SSSR count). The Hall–Kier alpha value is -1.69. The standard InChI is InChI=1S/C18H24O9S/c1-5-23-13(10-24-28(20,21)12-8-6-11(19)7-9-12)14-15(22-4)16-17(25-14)27-18(2,3)26-16/h5-9,13-17,19H,1,10H2,2-4H3/t13-,14-,15+,16-,17-/m1/s1. The number of aromatic hydroxyl groups is 1. The van der Waals surface area contributed by atoms with Gasteiger partial charge in [-0.3, -0.25) is 4.18 Å². The molecule has 10 heteroatoms. The third kappa shape index (κ3) is 4.32. The van der Waals surface area contributed by atoms with Crippen LogP contribution >= 0.6 is 0 Å². The number of hydrogen-bond acceptors (Lipinski definition) is 9. The van der Waals surface area contributed by atoms with Crippen LogP contribution in [0.1, 0.15) is 13.8 Å². The van der Waals surface area contributed by atoms with Gasteiger partial charge in [-0.1, -0.05) is 6.58 Å². The van der Waals surface area contributed by atoms with Gasteiger partial charge >= 0.3 is 0 Å². The fourth-order valence-electron chi connectivity index (χ4n) is 3.24. The number of benzene rings is 1. The third-order valence-electron chi connectivity index (χ3n) is 4.45. The maximum atomic E-state index is 12.4. The highest BCUT2D eigenvalue weighted by atomic mass is 32.2. The Morgan fingerprint density at radius 1 is 1.29 bits per heavy atom. The monoisotopic (exact) mass is 416 g/mol. The molecule has 1 N–H and O–H groups in total. The van der Waals surface area contributed by atoms with Gasteiger partial charge in [-0.05, 0) is 38.1 Å². The molecule has 0 aromatic heterocycles. The first-order valence-electron chi connectivity index (χ1n) is 8.65. The molecule has 156 valence electrons. The lowest BCUT2D eigenvalue weighted by Crippen LogP contribution is -2.44. The van der Waals surface area contributed by atoms with Gasteiger partial charge in [-0.25, -0.2) is 0 Å². The highest BCUT2D eigenvalue weighted by molar-refractivity contribution is 7.86. The Morgan fingerprint density at radius 3 is 2.57 bits per heavy atom. The van der Waals surface area contributed by atoms with Crippen molar-refractivity contribution in [3.05, 3.63) is 37.1 Å². The molecule has 0 spiro atoms. The van der Waals surface area contributed by atoms with Crippen LogP contribution in [0.5, 0.6) is 5.75 Å². The average molecular weight is 416 g/mol. The molecule has 5 atom stereocenters. The van der Waals surface area contributed by atoms with Crippen molar-refractivity contribution in [3.8, 4) is 5.75 Å². The van der Waals surface area contributed by atoms with Gasteiger partial charge in [0.15, 0.2) is 18.2 Å². The van der Waals surface area contributed by atoms with Crippen molar-refractivity contribution in [2.24, 2.45) is 0 Å². The Balaban J connectivity index is 1.71. The van der Waals surface area contributed by atoms with Gasteiger partial charge in [0.1, 0.15) is 30.7 Å². The van der Waals surface area contributed by atoms with Crippen molar-refractivity contribution < 1.29 is 41.4 Å². The Bertz CT molecular complexity index is 790. The van der Waals surface area contributed by atoms with E-state index < -0.39 is 46.6 Å². The molecule has 0 saturated carbocycles. The summed E-state index contributed by atoms with van der Waals surface area (Å²) in [4.78, 5) is -0.0939. The zero-order chi connectivity index (χ0) is 20.5. The van der Waals surface area contributed by atoms with E-state index in [-0.39, 0.29) is 17.3 Å². The largest absolute Gasteiger partial charge is 0.508 e. The minimum absolute atomic E-state index is 0.0522. The van der Waals surface area contributed by atoms with Crippen molar-refractivity contribution in [2.75, 3.05) is 13.7 Å². The first-order chi connectivity index (χ1) is 13.2. The van der Waals surface area contributed by atoms with Crippen LogP contribution < -0.4 is 0 Å². The van der Waals surface area contributed by atoms with Crippen LogP contribution in [-0.2, 0) is 38.0 Å². The first-order valence-corrected chi connectivity index (χ1v) is 10.1. The minimum atomic E-state index is -4.07. The molecule has 2 aliphatic rings. The molecule has 2 saturated heterocycles. The van der Waals surface area contributed by atoms with Gasteiger partial charge in [-0.2, -0.15) is 8.42 Å². The van der Waals surface area contributed by atoms with E-state index in [1.165, 1.54) is 37.6 Å². The van der Waals surface area contributed by atoms with E-state index in [0.29, 0.717) is 0 Å². The molecule has 0 aliphatic carbocycles. The first kappa shape index (κ1) is 21.0. The van der Waals surface area contributed by atoms with Gasteiger partial charge in [0.25, 0.3) is 10.1 Å². The van der Waals surface area contributed by atoms with Crippen LogP contribution in [0.2, 0.25) is 0 Å². The second kappa shape index (κ2) is 7.97. The smallest absolute Gasteiger partial charge is 0.297 e.